The molecule has 0 spiro atoms. The van der Waals surface area contributed by atoms with Gasteiger partial charge in [0.05, 0.1) is 12.6 Å². The third-order valence-electron chi connectivity index (χ3n) is 3.30. The van der Waals surface area contributed by atoms with Crippen LogP contribution in [-0.2, 0) is 6.54 Å². The summed E-state index contributed by atoms with van der Waals surface area (Å²) < 4.78 is 42.2. The first-order valence-corrected chi connectivity index (χ1v) is 7.23. The topological polar surface area (TPSA) is 69.0 Å². The maximum absolute atomic E-state index is 12.3. The normalized spacial score (nSPS) is 12.9. The number of hydrogen-bond acceptors (Lipinski definition) is 4. The molecule has 6 nitrogen and oxygen atoms in total. The van der Waals surface area contributed by atoms with Gasteiger partial charge in [-0.15, -0.1) is 13.2 Å². The summed E-state index contributed by atoms with van der Waals surface area (Å²) in [6, 6.07) is 4.68. The van der Waals surface area contributed by atoms with E-state index in [-0.39, 0.29) is 17.5 Å². The number of carbonyl (C=O) groups is 1. The van der Waals surface area contributed by atoms with E-state index >= 15 is 0 Å². The quantitative estimate of drug-likeness (QED) is 0.876. The highest BCUT2D eigenvalue weighted by Gasteiger charge is 2.31. The van der Waals surface area contributed by atoms with Crippen LogP contribution in [0.4, 0.5) is 13.2 Å². The molecule has 0 radical (unpaired) electrons. The number of hydrogen-bond donors (Lipinski definition) is 1. The maximum atomic E-state index is 12.3. The molecule has 0 aliphatic heterocycles. The van der Waals surface area contributed by atoms with Crippen molar-refractivity contribution in [3.8, 4) is 5.75 Å². The largest absolute Gasteiger partial charge is 0.573 e. The Morgan fingerprint density at radius 1 is 1.38 bits per heavy atom. The van der Waals surface area contributed by atoms with Gasteiger partial charge in [0.1, 0.15) is 18.4 Å². The van der Waals surface area contributed by atoms with Crippen LogP contribution in [0.25, 0.3) is 0 Å². The molecule has 0 bridgehead atoms. The highest BCUT2D eigenvalue weighted by Crippen LogP contribution is 2.23. The first kappa shape index (κ1) is 17.8. The van der Waals surface area contributed by atoms with Gasteiger partial charge in [-0.3, -0.25) is 9.48 Å². The molecule has 0 saturated carbocycles. The summed E-state index contributed by atoms with van der Waals surface area (Å²) in [5.41, 5.74) is 0.0843. The fourth-order valence-electron chi connectivity index (χ4n) is 2.04. The highest BCUT2D eigenvalue weighted by atomic mass is 19.4. The Morgan fingerprint density at radius 2 is 2.12 bits per heavy atom. The Hall–Kier alpha value is -2.58. The lowest BCUT2D eigenvalue weighted by atomic mass is 10.0. The number of nitrogens with one attached hydrogen (secondary N) is 1. The molecule has 2 rings (SSSR count). The van der Waals surface area contributed by atoms with Gasteiger partial charge in [0.25, 0.3) is 5.91 Å². The van der Waals surface area contributed by atoms with E-state index in [4.69, 9.17) is 0 Å². The summed E-state index contributed by atoms with van der Waals surface area (Å²) in [6.07, 6.45) is -1.89. The Labute approximate surface area is 136 Å². The smallest absolute Gasteiger partial charge is 0.406 e. The Morgan fingerprint density at radius 3 is 2.71 bits per heavy atom. The number of halogens is 3. The zero-order chi connectivity index (χ0) is 17.7. The minimum absolute atomic E-state index is 0.0843. The molecule has 2 aromatic rings. The zero-order valence-corrected chi connectivity index (χ0v) is 13.1. The molecule has 1 heterocycles. The van der Waals surface area contributed by atoms with E-state index in [2.05, 4.69) is 20.1 Å². The average Bonchev–Trinajstić information content (AvgIpc) is 2.98. The summed E-state index contributed by atoms with van der Waals surface area (Å²) in [6.45, 7) is 4.25. The molecular formula is C15H17F3N4O2. The molecule has 1 aromatic heterocycles. The molecular weight excluding hydrogens is 325 g/mol. The maximum Gasteiger partial charge on any atom is 0.573 e. The standard InChI is InChI=1S/C15H17F3N4O2/c1-10(2)13(7-22-9-19-8-20-22)21-14(23)11-4-3-5-12(6-11)24-15(16,17)18/h3-6,8-10,13H,7H2,1-2H3,(H,21,23)/t13-/m0/s1. The predicted octanol–water partition coefficient (Wildman–Crippen LogP) is 2.63. The van der Waals surface area contributed by atoms with E-state index < -0.39 is 18.0 Å². The zero-order valence-electron chi connectivity index (χ0n) is 13.1. The van der Waals surface area contributed by atoms with Gasteiger partial charge in [0.15, 0.2) is 0 Å². The lowest BCUT2D eigenvalue weighted by Gasteiger charge is -2.22. The number of ether oxygens (including phenoxy) is 1. The van der Waals surface area contributed by atoms with Gasteiger partial charge >= 0.3 is 6.36 Å². The summed E-state index contributed by atoms with van der Waals surface area (Å²) >= 11 is 0. The summed E-state index contributed by atoms with van der Waals surface area (Å²) in [7, 11) is 0. The van der Waals surface area contributed by atoms with E-state index in [9.17, 15) is 18.0 Å². The van der Waals surface area contributed by atoms with Gasteiger partial charge in [-0.25, -0.2) is 4.98 Å². The van der Waals surface area contributed by atoms with Gasteiger partial charge in [0.2, 0.25) is 0 Å². The van der Waals surface area contributed by atoms with Crippen LogP contribution >= 0.6 is 0 Å². The Bertz CT molecular complexity index is 672. The second-order valence-corrected chi connectivity index (χ2v) is 5.52. The number of amides is 1. The van der Waals surface area contributed by atoms with Crippen LogP contribution in [0, 0.1) is 5.92 Å². The molecule has 0 saturated heterocycles. The van der Waals surface area contributed by atoms with E-state index in [1.54, 1.807) is 4.68 Å². The average molecular weight is 342 g/mol. The molecule has 1 aromatic carbocycles. The first-order chi connectivity index (χ1) is 11.2. The number of benzene rings is 1. The van der Waals surface area contributed by atoms with Crippen molar-refractivity contribution < 1.29 is 22.7 Å². The lowest BCUT2D eigenvalue weighted by molar-refractivity contribution is -0.274. The van der Waals surface area contributed by atoms with E-state index in [0.29, 0.717) is 6.54 Å². The monoisotopic (exact) mass is 342 g/mol. The molecule has 0 aliphatic carbocycles. The third-order valence-corrected chi connectivity index (χ3v) is 3.30. The van der Waals surface area contributed by atoms with Crippen molar-refractivity contribution in [3.63, 3.8) is 0 Å². The molecule has 1 amide bonds. The Balaban J connectivity index is 2.08. The van der Waals surface area contributed by atoms with Gasteiger partial charge in [-0.2, -0.15) is 5.10 Å². The van der Waals surface area contributed by atoms with Crippen LogP contribution in [0.2, 0.25) is 0 Å². The molecule has 9 heteroatoms. The first-order valence-electron chi connectivity index (χ1n) is 7.23. The summed E-state index contributed by atoms with van der Waals surface area (Å²) in [4.78, 5) is 16.1. The van der Waals surface area contributed by atoms with Crippen LogP contribution in [0.3, 0.4) is 0 Å². The van der Waals surface area contributed by atoms with Crippen LogP contribution in [0.5, 0.6) is 5.75 Å². The Kier molecular flexibility index (Phi) is 5.42. The number of carbonyl (C=O) groups excluding carboxylic acids is 1. The van der Waals surface area contributed by atoms with Gasteiger partial charge < -0.3 is 10.1 Å². The van der Waals surface area contributed by atoms with Gasteiger partial charge in [0, 0.05) is 5.56 Å². The summed E-state index contributed by atoms with van der Waals surface area (Å²) in [5.74, 6) is -0.832. The summed E-state index contributed by atoms with van der Waals surface area (Å²) in [5, 5.41) is 6.78. The van der Waals surface area contributed by atoms with Crippen molar-refractivity contribution in [1.82, 2.24) is 20.1 Å². The van der Waals surface area contributed by atoms with E-state index in [0.717, 1.165) is 12.1 Å². The van der Waals surface area contributed by atoms with Crippen LogP contribution in [0.1, 0.15) is 24.2 Å². The van der Waals surface area contributed by atoms with E-state index in [1.807, 2.05) is 13.8 Å². The molecule has 1 atom stereocenters. The van der Waals surface area contributed by atoms with Crippen LogP contribution < -0.4 is 10.1 Å². The number of rotatable bonds is 6. The SMILES string of the molecule is CC(C)[C@H](Cn1cncn1)NC(=O)c1cccc(OC(F)(F)F)c1. The molecule has 0 fully saturated rings. The molecule has 0 unspecified atom stereocenters. The van der Waals surface area contributed by atoms with Crippen molar-refractivity contribution in [1.29, 1.82) is 0 Å². The highest BCUT2D eigenvalue weighted by molar-refractivity contribution is 5.94. The molecule has 130 valence electrons. The minimum Gasteiger partial charge on any atom is -0.406 e. The van der Waals surface area contributed by atoms with Crippen molar-refractivity contribution >= 4 is 5.91 Å². The van der Waals surface area contributed by atoms with Gasteiger partial charge in [-0.05, 0) is 24.1 Å². The number of nitrogens with zero attached hydrogens (tertiary/aromatic N) is 3. The minimum atomic E-state index is -4.80. The second-order valence-electron chi connectivity index (χ2n) is 5.52. The van der Waals surface area contributed by atoms with Crippen molar-refractivity contribution in [2.45, 2.75) is 32.8 Å². The predicted molar refractivity (Wildman–Crippen MR) is 79.2 cm³/mol. The number of aromatic nitrogens is 3. The molecule has 0 aliphatic rings. The van der Waals surface area contributed by atoms with Gasteiger partial charge in [-0.1, -0.05) is 19.9 Å². The van der Waals surface area contributed by atoms with Crippen molar-refractivity contribution in [3.05, 3.63) is 42.5 Å². The van der Waals surface area contributed by atoms with Crippen LogP contribution in [-0.4, -0.2) is 33.1 Å². The van der Waals surface area contributed by atoms with Crippen molar-refractivity contribution in [2.24, 2.45) is 5.92 Å². The fraction of sp³-hybridized carbons (Fsp3) is 0.400. The lowest BCUT2D eigenvalue weighted by Crippen LogP contribution is -2.41. The molecule has 1 N–H and O–H groups in total. The number of alkyl halides is 3. The second kappa shape index (κ2) is 7.33. The van der Waals surface area contributed by atoms with E-state index in [1.165, 1.54) is 24.8 Å². The third kappa shape index (κ3) is 5.25. The van der Waals surface area contributed by atoms with Crippen molar-refractivity contribution in [2.75, 3.05) is 0 Å². The van der Waals surface area contributed by atoms with Crippen LogP contribution in [0.15, 0.2) is 36.9 Å². The fourth-order valence-corrected chi connectivity index (χ4v) is 2.04. The molecule has 24 heavy (non-hydrogen) atoms.